The Labute approximate surface area is 441 Å². The van der Waals surface area contributed by atoms with Gasteiger partial charge in [0.25, 0.3) is 5.91 Å². The molecular weight excluding hydrogens is 1020 g/mol. The summed E-state index contributed by atoms with van der Waals surface area (Å²) >= 11 is 15.4. The number of piperazine rings is 1. The summed E-state index contributed by atoms with van der Waals surface area (Å²) in [6, 6.07) is 14.4. The number of hydrogen-bond acceptors (Lipinski definition) is 18. The van der Waals surface area contributed by atoms with Gasteiger partial charge in [0.05, 0.1) is 75.1 Å². The molecule has 73 heavy (non-hydrogen) atoms. The number of carbonyl (C=O) groups excluding carboxylic acids is 3. The van der Waals surface area contributed by atoms with Gasteiger partial charge in [-0.05, 0) is 63.9 Å². The van der Waals surface area contributed by atoms with Crippen molar-refractivity contribution in [3.63, 3.8) is 0 Å². The monoisotopic (exact) mass is 1070 g/mol. The van der Waals surface area contributed by atoms with Crippen LogP contribution in [0.4, 0.5) is 22.5 Å². The number of esters is 1. The Bertz CT molecular complexity index is 2900. The van der Waals surface area contributed by atoms with Crippen LogP contribution in [0.3, 0.4) is 0 Å². The van der Waals surface area contributed by atoms with E-state index in [-0.39, 0.29) is 37.2 Å². The van der Waals surface area contributed by atoms with Gasteiger partial charge in [-0.25, -0.2) is 15.0 Å². The summed E-state index contributed by atoms with van der Waals surface area (Å²) in [7, 11) is 0. The van der Waals surface area contributed by atoms with Gasteiger partial charge >= 0.3 is 5.97 Å². The Morgan fingerprint density at radius 3 is 2.33 bits per heavy atom. The molecule has 386 valence electrons. The van der Waals surface area contributed by atoms with Crippen LogP contribution in [0.25, 0.3) is 5.00 Å². The van der Waals surface area contributed by atoms with Gasteiger partial charge in [-0.15, -0.1) is 21.5 Å². The Balaban J connectivity index is 0.655. The molecule has 1 saturated heterocycles. The Kier molecular flexibility index (Phi) is 18.5. The first kappa shape index (κ1) is 53.4. The van der Waals surface area contributed by atoms with Crippen molar-refractivity contribution >= 4 is 91.8 Å². The van der Waals surface area contributed by atoms with Crippen molar-refractivity contribution < 1.29 is 33.3 Å². The lowest BCUT2D eigenvalue weighted by Crippen LogP contribution is -2.47. The molecule has 6 heterocycles. The van der Waals surface area contributed by atoms with Gasteiger partial charge in [0.2, 0.25) is 5.91 Å². The molecule has 0 spiro atoms. The van der Waals surface area contributed by atoms with Crippen molar-refractivity contribution in [2.75, 3.05) is 101 Å². The van der Waals surface area contributed by atoms with Gasteiger partial charge in [-0.3, -0.25) is 28.8 Å². The number of nitrogens with one attached hydrogen (secondary N) is 3. The summed E-state index contributed by atoms with van der Waals surface area (Å²) in [5.74, 6) is 2.53. The number of aliphatic imine (C=N–C) groups is 1. The smallest absolute Gasteiger partial charge is 0.308 e. The molecule has 0 bridgehead atoms. The van der Waals surface area contributed by atoms with Gasteiger partial charge < -0.3 is 39.8 Å². The zero-order chi connectivity index (χ0) is 51.4. The number of fused-ring (bicyclic) bond motifs is 3. The van der Waals surface area contributed by atoms with Crippen LogP contribution in [0.1, 0.15) is 73.2 Å². The predicted molar refractivity (Wildman–Crippen MR) is 284 cm³/mol. The van der Waals surface area contributed by atoms with Crippen molar-refractivity contribution in [1.82, 2.24) is 39.9 Å². The first-order chi connectivity index (χ1) is 35.3. The number of aryl methyl sites for hydroxylation is 4. The second-order valence-electron chi connectivity index (χ2n) is 17.3. The standard InChI is InChI=1S/C50H58Cl2N12O7S2/c1-30-7-6-8-37(52)45(30)59-48(67)39-29-54-50(73-39)58-40-28-41(56-33(4)55-40)63-17-15-62(16-18-63)19-22-71-43(66)13-20-68-23-25-70-26-24-69-21-14-53-42(65)27-38-47-61-60-34(5)64(47)49-44(31(2)32(3)72-49)46(57-38)35-9-11-36(51)12-10-35/h6-12,28-29,38H,13-27H2,1-5H3,(H,53,65)(H,59,67)(H,54,55,56,58)/t38-/m0/s1. The minimum atomic E-state index is -0.557. The number of para-hydroxylation sites is 1. The number of aromatic nitrogens is 6. The van der Waals surface area contributed by atoms with Crippen molar-refractivity contribution in [1.29, 1.82) is 0 Å². The number of thiophene rings is 1. The zero-order valence-corrected chi connectivity index (χ0v) is 44.5. The molecule has 2 aromatic carbocycles. The number of carbonyl (C=O) groups is 3. The quantitative estimate of drug-likeness (QED) is 0.0416. The van der Waals surface area contributed by atoms with E-state index < -0.39 is 6.04 Å². The van der Waals surface area contributed by atoms with Crippen LogP contribution in [-0.4, -0.2) is 144 Å². The molecule has 8 rings (SSSR count). The summed E-state index contributed by atoms with van der Waals surface area (Å²) in [5.41, 5.74) is 5.28. The van der Waals surface area contributed by atoms with Gasteiger partial charge in [0.15, 0.2) is 11.0 Å². The molecule has 2 aliphatic heterocycles. The fourth-order valence-electron chi connectivity index (χ4n) is 8.19. The summed E-state index contributed by atoms with van der Waals surface area (Å²) < 4.78 is 24.4. The van der Waals surface area contributed by atoms with Gasteiger partial charge in [-0.2, -0.15) is 0 Å². The lowest BCUT2D eigenvalue weighted by Gasteiger charge is -2.35. The van der Waals surface area contributed by atoms with E-state index in [2.05, 4.69) is 64.7 Å². The number of halogens is 2. The number of nitrogens with zero attached hydrogens (tertiary/aromatic N) is 9. The Morgan fingerprint density at radius 1 is 0.836 bits per heavy atom. The van der Waals surface area contributed by atoms with E-state index in [9.17, 15) is 14.4 Å². The highest BCUT2D eigenvalue weighted by atomic mass is 35.5. The van der Waals surface area contributed by atoms with Gasteiger partial charge in [-0.1, -0.05) is 58.8 Å². The zero-order valence-electron chi connectivity index (χ0n) is 41.3. The number of ether oxygens (including phenoxy) is 4. The number of hydrogen-bond donors (Lipinski definition) is 3. The molecule has 2 aliphatic rings. The maximum absolute atomic E-state index is 13.2. The Hall–Kier alpha value is -5.91. The average molecular weight is 1070 g/mol. The van der Waals surface area contributed by atoms with Crippen molar-refractivity contribution in [2.24, 2.45) is 4.99 Å². The number of thiazole rings is 1. The van der Waals surface area contributed by atoms with Gasteiger partial charge in [0.1, 0.15) is 45.8 Å². The molecule has 1 fully saturated rings. The molecule has 0 unspecified atom stereocenters. The van der Waals surface area contributed by atoms with E-state index in [1.165, 1.54) is 22.4 Å². The summed E-state index contributed by atoms with van der Waals surface area (Å²) in [5, 5.41) is 20.5. The van der Waals surface area contributed by atoms with E-state index >= 15 is 0 Å². The molecule has 23 heteroatoms. The minimum absolute atomic E-state index is 0.0882. The van der Waals surface area contributed by atoms with Crippen molar-refractivity contribution in [2.45, 2.75) is 53.5 Å². The predicted octanol–water partition coefficient (Wildman–Crippen LogP) is 7.62. The highest BCUT2D eigenvalue weighted by Crippen LogP contribution is 2.40. The van der Waals surface area contributed by atoms with Crippen molar-refractivity contribution in [3.8, 4) is 5.00 Å². The number of anilines is 4. The molecule has 0 saturated carbocycles. The summed E-state index contributed by atoms with van der Waals surface area (Å²) in [6.45, 7) is 16.0. The minimum Gasteiger partial charge on any atom is -0.464 e. The maximum atomic E-state index is 13.2. The van der Waals surface area contributed by atoms with E-state index in [1.54, 1.807) is 17.4 Å². The molecule has 19 nitrogen and oxygen atoms in total. The summed E-state index contributed by atoms with van der Waals surface area (Å²) in [4.78, 5) is 63.3. The largest absolute Gasteiger partial charge is 0.464 e. The highest BCUT2D eigenvalue weighted by molar-refractivity contribution is 7.17. The van der Waals surface area contributed by atoms with Crippen LogP contribution < -0.4 is 20.9 Å². The van der Waals surface area contributed by atoms with E-state index in [1.807, 2.05) is 67.8 Å². The lowest BCUT2D eigenvalue weighted by atomic mass is 9.99. The third kappa shape index (κ3) is 14.0. The first-order valence-corrected chi connectivity index (χ1v) is 26.3. The second kappa shape index (κ2) is 25.4. The second-order valence-corrected chi connectivity index (χ2v) is 20.4. The molecule has 2 amide bonds. The molecule has 0 radical (unpaired) electrons. The topological polar surface area (TPSA) is 212 Å². The first-order valence-electron chi connectivity index (χ1n) is 24.0. The van der Waals surface area contributed by atoms with Crippen LogP contribution in [0.2, 0.25) is 10.0 Å². The van der Waals surface area contributed by atoms with E-state index in [0.717, 1.165) is 70.8 Å². The Morgan fingerprint density at radius 2 is 1.58 bits per heavy atom. The fourth-order valence-corrected chi connectivity index (χ4v) is 10.5. The molecule has 1 atom stereocenters. The molecule has 3 N–H and O–H groups in total. The fraction of sp³-hybridized carbons (Fsp3) is 0.420. The number of amides is 2. The normalized spacial score (nSPS) is 14.5. The van der Waals surface area contributed by atoms with Gasteiger partial charge in [0, 0.05) is 66.4 Å². The average Bonchev–Trinajstić information content (AvgIpc) is 4.06. The van der Waals surface area contributed by atoms with Crippen LogP contribution in [0, 0.1) is 34.6 Å². The summed E-state index contributed by atoms with van der Waals surface area (Å²) in [6.07, 6.45) is 1.75. The third-order valence-electron chi connectivity index (χ3n) is 12.1. The van der Waals surface area contributed by atoms with Crippen LogP contribution in [0.15, 0.2) is 59.7 Å². The third-order valence-corrected chi connectivity index (χ3v) is 14.8. The molecule has 4 aromatic heterocycles. The van der Waals surface area contributed by atoms with Crippen LogP contribution in [0.5, 0.6) is 0 Å². The highest BCUT2D eigenvalue weighted by Gasteiger charge is 2.32. The van der Waals surface area contributed by atoms with Crippen LogP contribution in [-0.2, 0) is 28.5 Å². The molecule has 6 aromatic rings. The van der Waals surface area contributed by atoms with E-state index in [0.29, 0.717) is 95.9 Å². The van der Waals surface area contributed by atoms with Crippen LogP contribution >= 0.6 is 45.9 Å². The number of rotatable bonds is 23. The van der Waals surface area contributed by atoms with Crippen molar-refractivity contribution in [3.05, 3.63) is 114 Å². The lowest BCUT2D eigenvalue weighted by molar-refractivity contribution is -0.145. The molecule has 0 aliphatic carbocycles. The maximum Gasteiger partial charge on any atom is 0.308 e. The van der Waals surface area contributed by atoms with E-state index in [4.69, 9.17) is 47.1 Å². The number of benzene rings is 2. The molecular formula is C50H58Cl2N12O7S2. The SMILES string of the molecule is Cc1nc(Nc2ncc(C(=O)Nc3c(C)cccc3Cl)s2)cc(N2CCN(CCOC(=O)CCOCCOCCOCCNC(=O)C[C@@H]3N=C(c4ccc(Cl)cc4)c4c(sc(C)c4C)-n4c(C)nnc43)CC2)n1.